The zero-order chi connectivity index (χ0) is 16.5. The maximum absolute atomic E-state index is 13.1. The van der Waals surface area contributed by atoms with Crippen LogP contribution in [0.15, 0.2) is 54.6 Å². The summed E-state index contributed by atoms with van der Waals surface area (Å²) in [5.74, 6) is 0.0779. The summed E-state index contributed by atoms with van der Waals surface area (Å²) < 4.78 is 5.88. The molecule has 0 spiro atoms. The highest BCUT2D eigenvalue weighted by atomic mass is 16.5. The van der Waals surface area contributed by atoms with E-state index in [1.807, 2.05) is 54.3 Å². The average molecular weight is 320 g/mol. The van der Waals surface area contributed by atoms with Gasteiger partial charge in [0, 0.05) is 23.1 Å². The molecule has 1 saturated heterocycles. The van der Waals surface area contributed by atoms with Crippen molar-refractivity contribution in [1.82, 2.24) is 9.88 Å². The normalized spacial score (nSPS) is 18.0. The molecule has 122 valence electrons. The molecule has 24 heavy (non-hydrogen) atoms. The topological polar surface area (TPSA) is 45.3 Å². The Labute approximate surface area is 141 Å². The molecule has 1 atom stereocenters. The fraction of sp³-hybridized carbons (Fsp3) is 0.250. The number of benzene rings is 2. The second kappa shape index (κ2) is 6.13. The second-order valence-electron chi connectivity index (χ2n) is 6.19. The van der Waals surface area contributed by atoms with Crippen molar-refractivity contribution in [2.75, 3.05) is 19.7 Å². The molecule has 1 N–H and O–H groups in total. The molecule has 0 saturated carbocycles. The fourth-order valence-electron chi connectivity index (χ4n) is 3.41. The molecule has 4 heteroatoms. The smallest absolute Gasteiger partial charge is 0.256 e. The van der Waals surface area contributed by atoms with E-state index in [0.717, 1.165) is 27.7 Å². The second-order valence-corrected chi connectivity index (χ2v) is 6.19. The number of morpholine rings is 1. The molecule has 4 nitrogen and oxygen atoms in total. The fourth-order valence-corrected chi connectivity index (χ4v) is 3.41. The zero-order valence-electron chi connectivity index (χ0n) is 13.7. The Balaban J connectivity index is 1.63. The van der Waals surface area contributed by atoms with E-state index in [4.69, 9.17) is 4.74 Å². The van der Waals surface area contributed by atoms with Gasteiger partial charge in [-0.2, -0.15) is 0 Å². The van der Waals surface area contributed by atoms with Crippen LogP contribution < -0.4 is 0 Å². The third-order valence-corrected chi connectivity index (χ3v) is 4.63. The third-order valence-electron chi connectivity index (χ3n) is 4.63. The number of hydrogen-bond acceptors (Lipinski definition) is 2. The van der Waals surface area contributed by atoms with Crippen LogP contribution in [0.2, 0.25) is 0 Å². The number of nitrogens with zero attached hydrogens (tertiary/aromatic N) is 1. The van der Waals surface area contributed by atoms with Crippen LogP contribution in [0.3, 0.4) is 0 Å². The molecule has 0 radical (unpaired) electrons. The number of aryl methyl sites for hydroxylation is 1. The molecule has 1 fully saturated rings. The third kappa shape index (κ3) is 2.59. The minimum absolute atomic E-state index is 0.0607. The van der Waals surface area contributed by atoms with Gasteiger partial charge in [-0.3, -0.25) is 4.79 Å². The van der Waals surface area contributed by atoms with Gasteiger partial charge >= 0.3 is 0 Å². The van der Waals surface area contributed by atoms with Crippen LogP contribution in [0.1, 0.15) is 27.7 Å². The van der Waals surface area contributed by atoms with E-state index in [0.29, 0.717) is 19.7 Å². The molecule has 1 aliphatic heterocycles. The average Bonchev–Trinajstić information content (AvgIpc) is 2.97. The van der Waals surface area contributed by atoms with Crippen molar-refractivity contribution in [1.29, 1.82) is 0 Å². The lowest BCUT2D eigenvalue weighted by atomic mass is 10.1. The highest BCUT2D eigenvalue weighted by molar-refractivity contribution is 6.08. The Morgan fingerprint density at radius 1 is 1.12 bits per heavy atom. The number of amides is 1. The Kier molecular flexibility index (Phi) is 3.82. The van der Waals surface area contributed by atoms with Gasteiger partial charge in [-0.1, -0.05) is 48.5 Å². The van der Waals surface area contributed by atoms with E-state index in [2.05, 4.69) is 17.1 Å². The SMILES string of the molecule is Cc1[nH]c2ccccc2c1C(=O)N1CCO[C@H](c2ccccc2)C1. The number of hydrogen-bond donors (Lipinski definition) is 1. The molecule has 0 aliphatic carbocycles. The van der Waals surface area contributed by atoms with Gasteiger partial charge in [0.1, 0.15) is 6.10 Å². The van der Waals surface area contributed by atoms with Crippen molar-refractivity contribution in [2.24, 2.45) is 0 Å². The van der Waals surface area contributed by atoms with E-state index in [9.17, 15) is 4.79 Å². The molecule has 3 aromatic rings. The van der Waals surface area contributed by atoms with Gasteiger partial charge < -0.3 is 14.6 Å². The summed E-state index contributed by atoms with van der Waals surface area (Å²) in [6.45, 7) is 3.73. The Morgan fingerprint density at radius 2 is 1.88 bits per heavy atom. The summed E-state index contributed by atoms with van der Waals surface area (Å²) in [6.07, 6.45) is -0.0607. The zero-order valence-corrected chi connectivity index (χ0v) is 13.7. The standard InChI is InChI=1S/C20H20N2O2/c1-14-19(16-9-5-6-10-17(16)21-14)20(23)22-11-12-24-18(13-22)15-7-3-2-4-8-15/h2-10,18,21H,11-13H2,1H3/t18-/m0/s1. The summed E-state index contributed by atoms with van der Waals surface area (Å²) in [4.78, 5) is 18.3. The lowest BCUT2D eigenvalue weighted by Gasteiger charge is -2.33. The summed E-state index contributed by atoms with van der Waals surface area (Å²) in [5.41, 5.74) is 3.82. The van der Waals surface area contributed by atoms with Crippen molar-refractivity contribution >= 4 is 16.8 Å². The monoisotopic (exact) mass is 320 g/mol. The first kappa shape index (κ1) is 15.0. The van der Waals surface area contributed by atoms with Crippen molar-refractivity contribution in [3.8, 4) is 0 Å². The number of H-pyrrole nitrogens is 1. The summed E-state index contributed by atoms with van der Waals surface area (Å²) in [7, 11) is 0. The maximum atomic E-state index is 13.1. The number of nitrogens with one attached hydrogen (secondary N) is 1. The minimum Gasteiger partial charge on any atom is -0.370 e. The quantitative estimate of drug-likeness (QED) is 0.783. The van der Waals surface area contributed by atoms with E-state index in [1.165, 1.54) is 0 Å². The lowest BCUT2D eigenvalue weighted by Crippen LogP contribution is -2.42. The Bertz CT molecular complexity index is 870. The van der Waals surface area contributed by atoms with Gasteiger partial charge in [0.2, 0.25) is 0 Å². The van der Waals surface area contributed by atoms with Crippen LogP contribution in [0, 0.1) is 6.92 Å². The number of para-hydroxylation sites is 1. The number of aromatic nitrogens is 1. The molecule has 2 heterocycles. The summed E-state index contributed by atoms with van der Waals surface area (Å²) >= 11 is 0. The number of carbonyl (C=O) groups is 1. The number of ether oxygens (including phenoxy) is 1. The number of carbonyl (C=O) groups excluding carboxylic acids is 1. The number of aromatic amines is 1. The van der Waals surface area contributed by atoms with E-state index in [1.54, 1.807) is 0 Å². The van der Waals surface area contributed by atoms with Gasteiger partial charge in [0.05, 0.1) is 18.7 Å². The van der Waals surface area contributed by atoms with Crippen LogP contribution in [0.4, 0.5) is 0 Å². The van der Waals surface area contributed by atoms with Gasteiger partial charge in [-0.25, -0.2) is 0 Å². The first-order valence-corrected chi connectivity index (χ1v) is 8.27. The Hall–Kier alpha value is -2.59. The van der Waals surface area contributed by atoms with Gasteiger partial charge in [0.25, 0.3) is 5.91 Å². The predicted octanol–water partition coefficient (Wildman–Crippen LogP) is 3.69. The number of rotatable bonds is 2. The van der Waals surface area contributed by atoms with Gasteiger partial charge in [-0.05, 0) is 18.6 Å². The molecule has 1 aliphatic rings. The Morgan fingerprint density at radius 3 is 2.71 bits per heavy atom. The molecular formula is C20H20N2O2. The molecule has 1 aromatic heterocycles. The van der Waals surface area contributed by atoms with Crippen LogP contribution in [-0.2, 0) is 4.74 Å². The highest BCUT2D eigenvalue weighted by Crippen LogP contribution is 2.27. The van der Waals surface area contributed by atoms with Gasteiger partial charge in [0.15, 0.2) is 0 Å². The van der Waals surface area contributed by atoms with Crippen molar-refractivity contribution in [3.63, 3.8) is 0 Å². The first-order chi connectivity index (χ1) is 11.7. The van der Waals surface area contributed by atoms with Crippen LogP contribution in [0.5, 0.6) is 0 Å². The minimum atomic E-state index is -0.0607. The molecule has 1 amide bonds. The molecule has 0 unspecified atom stereocenters. The molecular weight excluding hydrogens is 300 g/mol. The molecule has 4 rings (SSSR count). The summed E-state index contributed by atoms with van der Waals surface area (Å²) in [5, 5.41) is 0.989. The van der Waals surface area contributed by atoms with E-state index < -0.39 is 0 Å². The summed E-state index contributed by atoms with van der Waals surface area (Å²) in [6, 6.07) is 18.1. The maximum Gasteiger partial charge on any atom is 0.256 e. The number of fused-ring (bicyclic) bond motifs is 1. The van der Waals surface area contributed by atoms with E-state index in [-0.39, 0.29) is 12.0 Å². The predicted molar refractivity (Wildman–Crippen MR) is 94.1 cm³/mol. The molecule has 0 bridgehead atoms. The van der Waals surface area contributed by atoms with Crippen molar-refractivity contribution in [3.05, 3.63) is 71.4 Å². The van der Waals surface area contributed by atoms with Gasteiger partial charge in [-0.15, -0.1) is 0 Å². The van der Waals surface area contributed by atoms with Crippen LogP contribution in [0.25, 0.3) is 10.9 Å². The van der Waals surface area contributed by atoms with Crippen molar-refractivity contribution < 1.29 is 9.53 Å². The largest absolute Gasteiger partial charge is 0.370 e. The lowest BCUT2D eigenvalue weighted by molar-refractivity contribution is -0.0227. The first-order valence-electron chi connectivity index (χ1n) is 8.27. The van der Waals surface area contributed by atoms with Crippen LogP contribution in [-0.4, -0.2) is 35.5 Å². The highest BCUT2D eigenvalue weighted by Gasteiger charge is 2.28. The van der Waals surface area contributed by atoms with Crippen LogP contribution >= 0.6 is 0 Å². The van der Waals surface area contributed by atoms with E-state index >= 15 is 0 Å². The molecule has 2 aromatic carbocycles. The van der Waals surface area contributed by atoms with Crippen molar-refractivity contribution in [2.45, 2.75) is 13.0 Å².